The van der Waals surface area contributed by atoms with E-state index in [9.17, 15) is 4.79 Å². The molecule has 8 heteroatoms. The molecule has 4 heterocycles. The molecule has 0 bridgehead atoms. The minimum atomic E-state index is -0.0644. The molecule has 0 radical (unpaired) electrons. The summed E-state index contributed by atoms with van der Waals surface area (Å²) < 4.78 is 5.19. The lowest BCUT2D eigenvalue weighted by atomic mass is 10.0. The van der Waals surface area contributed by atoms with Crippen molar-refractivity contribution in [3.8, 4) is 11.3 Å². The van der Waals surface area contributed by atoms with Gasteiger partial charge in [-0.3, -0.25) is 19.7 Å². The van der Waals surface area contributed by atoms with Gasteiger partial charge in [-0.2, -0.15) is 0 Å². The van der Waals surface area contributed by atoms with Crippen LogP contribution in [0.1, 0.15) is 34.1 Å². The van der Waals surface area contributed by atoms with E-state index in [0.29, 0.717) is 18.2 Å². The molecule has 3 aromatic rings. The van der Waals surface area contributed by atoms with Crippen molar-refractivity contribution in [1.29, 1.82) is 0 Å². The zero-order valence-electron chi connectivity index (χ0n) is 15.3. The molecule has 0 N–H and O–H groups in total. The molecule has 0 saturated carbocycles. The van der Waals surface area contributed by atoms with Gasteiger partial charge >= 0.3 is 0 Å². The van der Waals surface area contributed by atoms with Crippen LogP contribution in [-0.4, -0.2) is 49.0 Å². The van der Waals surface area contributed by atoms with Gasteiger partial charge in [-0.15, -0.1) is 0 Å². The van der Waals surface area contributed by atoms with Crippen LogP contribution >= 0.6 is 0 Å². The second kappa shape index (κ2) is 7.22. The van der Waals surface area contributed by atoms with Gasteiger partial charge in [0.2, 0.25) is 0 Å². The van der Waals surface area contributed by atoms with E-state index in [0.717, 1.165) is 47.8 Å². The third-order valence-corrected chi connectivity index (χ3v) is 4.85. The fraction of sp³-hybridized carbons (Fsp3) is 0.368. The van der Waals surface area contributed by atoms with Crippen LogP contribution < -0.4 is 0 Å². The van der Waals surface area contributed by atoms with Gasteiger partial charge in [0.15, 0.2) is 0 Å². The summed E-state index contributed by atoms with van der Waals surface area (Å²) in [4.78, 5) is 31.4. The second-order valence-corrected chi connectivity index (χ2v) is 6.79. The summed E-state index contributed by atoms with van der Waals surface area (Å²) in [5, 5.41) is 3.96. The number of rotatable bonds is 4. The molecule has 1 amide bonds. The van der Waals surface area contributed by atoms with E-state index >= 15 is 0 Å². The van der Waals surface area contributed by atoms with Crippen LogP contribution in [0.15, 0.2) is 35.5 Å². The highest BCUT2D eigenvalue weighted by molar-refractivity contribution is 5.92. The summed E-state index contributed by atoms with van der Waals surface area (Å²) in [6.45, 7) is 5.18. The Morgan fingerprint density at radius 2 is 2.07 bits per heavy atom. The third kappa shape index (κ3) is 3.55. The Morgan fingerprint density at radius 3 is 2.74 bits per heavy atom. The molecule has 1 fully saturated rings. The predicted molar refractivity (Wildman–Crippen MR) is 96.7 cm³/mol. The molecule has 0 aromatic carbocycles. The second-order valence-electron chi connectivity index (χ2n) is 6.79. The maximum atomic E-state index is 12.5. The van der Waals surface area contributed by atoms with Crippen LogP contribution in [0.2, 0.25) is 0 Å². The zero-order valence-corrected chi connectivity index (χ0v) is 15.3. The monoisotopic (exact) mass is 364 g/mol. The number of amides is 1. The Labute approximate surface area is 156 Å². The van der Waals surface area contributed by atoms with E-state index in [1.54, 1.807) is 18.6 Å². The molecule has 1 saturated heterocycles. The molecule has 138 valence electrons. The maximum absolute atomic E-state index is 12.5. The predicted octanol–water partition coefficient (Wildman–Crippen LogP) is 2.24. The van der Waals surface area contributed by atoms with Gasteiger partial charge in [0.1, 0.15) is 11.5 Å². The van der Waals surface area contributed by atoms with E-state index < -0.39 is 0 Å². The number of carbonyl (C=O) groups is 1. The molecule has 1 aliphatic heterocycles. The van der Waals surface area contributed by atoms with E-state index in [1.165, 1.54) is 12.4 Å². The van der Waals surface area contributed by atoms with Crippen molar-refractivity contribution in [2.45, 2.75) is 26.7 Å². The largest absolute Gasteiger partial charge is 0.361 e. The Hall–Kier alpha value is -3.16. The van der Waals surface area contributed by atoms with Crippen molar-refractivity contribution in [3.05, 3.63) is 53.8 Å². The third-order valence-electron chi connectivity index (χ3n) is 4.85. The first kappa shape index (κ1) is 17.3. The number of aromatic nitrogens is 5. The van der Waals surface area contributed by atoms with E-state index in [-0.39, 0.29) is 5.91 Å². The number of carbonyl (C=O) groups excluding carboxylic acids is 1. The lowest BCUT2D eigenvalue weighted by molar-refractivity contribution is 0.0780. The molecule has 3 aromatic heterocycles. The highest BCUT2D eigenvalue weighted by Gasteiger charge is 2.28. The van der Waals surface area contributed by atoms with Crippen LogP contribution in [0.25, 0.3) is 11.3 Å². The highest BCUT2D eigenvalue weighted by atomic mass is 16.5. The lowest BCUT2D eigenvalue weighted by Crippen LogP contribution is -2.29. The molecule has 0 spiro atoms. The maximum Gasteiger partial charge on any atom is 0.274 e. The molecular weight excluding hydrogens is 344 g/mol. The minimum Gasteiger partial charge on any atom is -0.361 e. The standard InChI is InChI=1S/C19H20N6O2/c1-12-18(13(2)27-24-12)16-10-22-15(8-23-16)7-14-3-6-25(11-14)19(26)17-9-20-4-5-21-17/h4-5,8-10,14H,3,6-7,11H2,1-2H3/t14-/m0/s1. The summed E-state index contributed by atoms with van der Waals surface area (Å²) in [6.07, 6.45) is 9.91. The van der Waals surface area contributed by atoms with Crippen LogP contribution in [-0.2, 0) is 6.42 Å². The normalized spacial score (nSPS) is 16.7. The molecular formula is C19H20N6O2. The fourth-order valence-electron chi connectivity index (χ4n) is 3.49. The molecule has 27 heavy (non-hydrogen) atoms. The summed E-state index contributed by atoms with van der Waals surface area (Å²) >= 11 is 0. The number of hydrogen-bond acceptors (Lipinski definition) is 7. The topological polar surface area (TPSA) is 97.9 Å². The van der Waals surface area contributed by atoms with E-state index in [4.69, 9.17) is 4.52 Å². The average Bonchev–Trinajstić information content (AvgIpc) is 3.29. The fourth-order valence-corrected chi connectivity index (χ4v) is 3.49. The van der Waals surface area contributed by atoms with Gasteiger partial charge in [0, 0.05) is 31.7 Å². The number of nitrogens with zero attached hydrogens (tertiary/aromatic N) is 6. The lowest BCUT2D eigenvalue weighted by Gasteiger charge is -2.15. The zero-order chi connectivity index (χ0) is 18.8. The van der Waals surface area contributed by atoms with Gasteiger partial charge in [0.25, 0.3) is 5.91 Å². The van der Waals surface area contributed by atoms with Gasteiger partial charge in [-0.05, 0) is 32.6 Å². The first-order valence-corrected chi connectivity index (χ1v) is 8.91. The smallest absolute Gasteiger partial charge is 0.274 e. The van der Waals surface area contributed by atoms with Crippen molar-refractivity contribution in [2.24, 2.45) is 5.92 Å². The van der Waals surface area contributed by atoms with Crippen LogP contribution in [0.5, 0.6) is 0 Å². The van der Waals surface area contributed by atoms with Crippen LogP contribution in [0.3, 0.4) is 0 Å². The molecule has 0 aliphatic carbocycles. The van der Waals surface area contributed by atoms with Crippen molar-refractivity contribution < 1.29 is 9.32 Å². The molecule has 4 rings (SSSR count). The quantitative estimate of drug-likeness (QED) is 0.700. The van der Waals surface area contributed by atoms with Crippen molar-refractivity contribution in [1.82, 2.24) is 30.0 Å². The highest BCUT2D eigenvalue weighted by Crippen LogP contribution is 2.25. The van der Waals surface area contributed by atoms with Gasteiger partial charge in [-0.25, -0.2) is 4.98 Å². The number of hydrogen-bond donors (Lipinski definition) is 0. The van der Waals surface area contributed by atoms with Gasteiger partial charge < -0.3 is 9.42 Å². The number of likely N-dealkylation sites (tertiary alicyclic amines) is 1. The molecule has 0 unspecified atom stereocenters. The SMILES string of the molecule is Cc1noc(C)c1-c1cnc(C[C@@H]2CCN(C(=O)c3cnccn3)C2)cn1. The minimum absolute atomic E-state index is 0.0644. The first-order chi connectivity index (χ1) is 13.1. The van der Waals surface area contributed by atoms with E-state index in [1.807, 2.05) is 18.7 Å². The molecule has 1 aliphatic rings. The molecule has 1 atom stereocenters. The van der Waals surface area contributed by atoms with Crippen LogP contribution in [0.4, 0.5) is 0 Å². The summed E-state index contributed by atoms with van der Waals surface area (Å²) in [6, 6.07) is 0. The van der Waals surface area contributed by atoms with E-state index in [2.05, 4.69) is 25.1 Å². The Morgan fingerprint density at radius 1 is 1.19 bits per heavy atom. The van der Waals surface area contributed by atoms with Gasteiger partial charge in [0.05, 0.1) is 35.0 Å². The van der Waals surface area contributed by atoms with Crippen molar-refractivity contribution in [3.63, 3.8) is 0 Å². The molecule has 8 nitrogen and oxygen atoms in total. The summed E-state index contributed by atoms with van der Waals surface area (Å²) in [5.74, 6) is 1.04. The average molecular weight is 364 g/mol. The summed E-state index contributed by atoms with van der Waals surface area (Å²) in [5.41, 5.74) is 3.78. The number of aryl methyl sites for hydroxylation is 2. The van der Waals surface area contributed by atoms with Crippen molar-refractivity contribution >= 4 is 5.91 Å². The Kier molecular flexibility index (Phi) is 4.62. The first-order valence-electron chi connectivity index (χ1n) is 8.91. The van der Waals surface area contributed by atoms with Gasteiger partial charge in [-0.1, -0.05) is 5.16 Å². The Bertz CT molecular complexity index is 919. The Balaban J connectivity index is 1.40. The summed E-state index contributed by atoms with van der Waals surface area (Å²) in [7, 11) is 0. The van der Waals surface area contributed by atoms with Crippen LogP contribution in [0, 0.1) is 19.8 Å². The van der Waals surface area contributed by atoms with Crippen molar-refractivity contribution in [2.75, 3.05) is 13.1 Å².